The zero-order valence-corrected chi connectivity index (χ0v) is 25.2. The Morgan fingerprint density at radius 3 is 2.11 bits per heavy atom. The number of hydrogen-bond acceptors (Lipinski definition) is 4. The van der Waals surface area contributed by atoms with Crippen molar-refractivity contribution in [2.45, 2.75) is 94.4 Å². The van der Waals surface area contributed by atoms with Crippen LogP contribution in [0.15, 0.2) is 66.6 Å². The number of fused-ring (bicyclic) bond motifs is 1. The minimum absolute atomic E-state index is 0.0437. The molecular weight excluding hydrogens is 470 g/mol. The second-order valence-electron chi connectivity index (χ2n) is 8.50. The van der Waals surface area contributed by atoms with Gasteiger partial charge in [0.2, 0.25) is 5.91 Å². The predicted molar refractivity (Wildman–Crippen MR) is 165 cm³/mol. The molecule has 2 aromatic rings. The fraction of sp³-hybridized carbons (Fsp3) is 0.455. The molecule has 0 atom stereocenters. The molecule has 1 amide bonds. The van der Waals surface area contributed by atoms with Gasteiger partial charge in [-0.25, -0.2) is 4.98 Å². The summed E-state index contributed by atoms with van der Waals surface area (Å²) in [6.45, 7) is 24.1. The molecule has 0 radical (unpaired) electrons. The summed E-state index contributed by atoms with van der Waals surface area (Å²) in [6, 6.07) is 3.87. The highest BCUT2D eigenvalue weighted by Crippen LogP contribution is 2.31. The molecule has 0 unspecified atom stereocenters. The number of nitrogens with zero attached hydrogens (tertiary/aromatic N) is 2. The Kier molecular flexibility index (Phi) is 17.2. The van der Waals surface area contributed by atoms with Gasteiger partial charge in [-0.05, 0) is 75.8 Å². The summed E-state index contributed by atoms with van der Waals surface area (Å²) in [6.07, 6.45) is 11.8. The standard InChI is InChI=1S/C27H33N3O2.2C2H6.C2H4/c1-6-9-25(31)23(17(4)7-2)12-18(5)22(8-3)24-13-20-16-29-26(14-21(20)15-28-24)30-27(32)19-10-11-19;3*1-2/h8,12-16,19H,6-7,9-11H2,1-5H3,(H,29,30,32);2*1-2H3;1-2H2/b18-12-,22-8+,23-17-;;;. The molecule has 0 bridgehead atoms. The van der Waals surface area contributed by atoms with Gasteiger partial charge in [0.15, 0.2) is 5.78 Å². The first kappa shape index (κ1) is 34.7. The van der Waals surface area contributed by atoms with Crippen molar-refractivity contribution in [1.29, 1.82) is 0 Å². The Hall–Kier alpha value is -3.34. The summed E-state index contributed by atoms with van der Waals surface area (Å²) in [5.41, 5.74) is 4.75. The van der Waals surface area contributed by atoms with Crippen molar-refractivity contribution in [2.75, 3.05) is 5.32 Å². The number of nitrogens with one attached hydrogen (secondary N) is 1. The number of Topliss-reactive ketones (excluding diaryl/α,β-unsaturated/α-hetero) is 1. The molecule has 0 saturated heterocycles. The van der Waals surface area contributed by atoms with E-state index < -0.39 is 0 Å². The minimum atomic E-state index is 0.0437. The molecule has 0 aliphatic heterocycles. The summed E-state index contributed by atoms with van der Waals surface area (Å²) < 4.78 is 0. The zero-order valence-electron chi connectivity index (χ0n) is 25.2. The van der Waals surface area contributed by atoms with Crippen LogP contribution in [-0.4, -0.2) is 21.7 Å². The Balaban J connectivity index is 0.00000213. The molecule has 0 aromatic carbocycles. The van der Waals surface area contributed by atoms with E-state index in [4.69, 9.17) is 0 Å². The third-order valence-corrected chi connectivity index (χ3v) is 5.92. The number of rotatable bonds is 9. The maximum atomic E-state index is 12.7. The van der Waals surface area contributed by atoms with Gasteiger partial charge < -0.3 is 5.32 Å². The Morgan fingerprint density at radius 2 is 1.58 bits per heavy atom. The van der Waals surface area contributed by atoms with Gasteiger partial charge in [-0.15, -0.1) is 13.2 Å². The maximum absolute atomic E-state index is 12.7. The summed E-state index contributed by atoms with van der Waals surface area (Å²) >= 11 is 0. The highest BCUT2D eigenvalue weighted by molar-refractivity contribution is 6.00. The van der Waals surface area contributed by atoms with Gasteiger partial charge in [0, 0.05) is 41.1 Å². The second kappa shape index (κ2) is 18.8. The number of anilines is 1. The average molecular weight is 520 g/mol. The van der Waals surface area contributed by atoms with Gasteiger partial charge in [-0.1, -0.05) is 53.2 Å². The lowest BCUT2D eigenvalue weighted by molar-refractivity contribution is -0.117. The van der Waals surface area contributed by atoms with Gasteiger partial charge in [0.05, 0.1) is 5.69 Å². The molecule has 2 aromatic heterocycles. The summed E-state index contributed by atoms with van der Waals surface area (Å²) in [4.78, 5) is 33.8. The molecule has 208 valence electrons. The highest BCUT2D eigenvalue weighted by atomic mass is 16.2. The molecule has 1 aliphatic rings. The van der Waals surface area contributed by atoms with E-state index in [1.54, 1.807) is 6.20 Å². The minimum Gasteiger partial charge on any atom is -0.310 e. The van der Waals surface area contributed by atoms with E-state index in [0.717, 1.165) is 64.4 Å². The quantitative estimate of drug-likeness (QED) is 0.203. The molecule has 3 rings (SSSR count). The fourth-order valence-corrected chi connectivity index (χ4v) is 3.69. The number of allylic oxidation sites excluding steroid dienone is 6. The number of amides is 1. The first-order valence-electron chi connectivity index (χ1n) is 14.0. The van der Waals surface area contributed by atoms with Gasteiger partial charge in [-0.2, -0.15) is 0 Å². The normalized spacial score (nSPS) is 13.5. The topological polar surface area (TPSA) is 72.0 Å². The molecule has 1 N–H and O–H groups in total. The van der Waals surface area contributed by atoms with E-state index in [1.807, 2.05) is 85.9 Å². The van der Waals surface area contributed by atoms with Crippen LogP contribution < -0.4 is 5.32 Å². The maximum Gasteiger partial charge on any atom is 0.228 e. The number of carbonyl (C=O) groups is 2. The monoisotopic (exact) mass is 519 g/mol. The number of carbonyl (C=O) groups excluding carboxylic acids is 2. The predicted octanol–water partition coefficient (Wildman–Crippen LogP) is 9.28. The number of ketones is 1. The Bertz CT molecular complexity index is 1140. The van der Waals surface area contributed by atoms with E-state index in [9.17, 15) is 9.59 Å². The van der Waals surface area contributed by atoms with Crippen LogP contribution in [0.25, 0.3) is 16.3 Å². The van der Waals surface area contributed by atoms with Crippen molar-refractivity contribution < 1.29 is 9.59 Å². The number of pyridine rings is 2. The van der Waals surface area contributed by atoms with Crippen LogP contribution >= 0.6 is 0 Å². The third kappa shape index (κ3) is 10.2. The van der Waals surface area contributed by atoms with Crippen molar-refractivity contribution in [3.63, 3.8) is 0 Å². The smallest absolute Gasteiger partial charge is 0.228 e. The SMILES string of the molecule is C=C.CC.CC.C\C=C(/C(C)=C\C(C(=O)CCC)=C(/C)CC)c1cc2cnc(NC(=O)C3CC3)cc2cn1. The summed E-state index contributed by atoms with van der Waals surface area (Å²) in [5, 5.41) is 4.76. The largest absolute Gasteiger partial charge is 0.310 e. The Labute approximate surface area is 231 Å². The lowest BCUT2D eigenvalue weighted by Gasteiger charge is -2.12. The molecule has 38 heavy (non-hydrogen) atoms. The van der Waals surface area contributed by atoms with E-state index in [2.05, 4.69) is 35.4 Å². The molecule has 5 nitrogen and oxygen atoms in total. The van der Waals surface area contributed by atoms with Gasteiger partial charge in [-0.3, -0.25) is 14.6 Å². The van der Waals surface area contributed by atoms with Crippen LogP contribution in [-0.2, 0) is 9.59 Å². The zero-order chi connectivity index (χ0) is 29.3. The van der Waals surface area contributed by atoms with Crippen molar-refractivity contribution in [1.82, 2.24) is 9.97 Å². The van der Waals surface area contributed by atoms with Crippen LogP contribution in [0.5, 0.6) is 0 Å². The fourth-order valence-electron chi connectivity index (χ4n) is 3.69. The molecule has 1 aliphatic carbocycles. The van der Waals surface area contributed by atoms with E-state index in [0.29, 0.717) is 12.2 Å². The molecule has 1 fully saturated rings. The van der Waals surface area contributed by atoms with Crippen LogP contribution in [0.4, 0.5) is 5.82 Å². The van der Waals surface area contributed by atoms with Crippen molar-refractivity contribution in [3.8, 4) is 0 Å². The summed E-state index contributed by atoms with van der Waals surface area (Å²) in [7, 11) is 0. The van der Waals surface area contributed by atoms with Crippen LogP contribution in [0.3, 0.4) is 0 Å². The third-order valence-electron chi connectivity index (χ3n) is 5.92. The average Bonchev–Trinajstić information content (AvgIpc) is 3.81. The lowest BCUT2D eigenvalue weighted by atomic mass is 9.94. The van der Waals surface area contributed by atoms with E-state index in [-0.39, 0.29) is 17.6 Å². The van der Waals surface area contributed by atoms with Crippen LogP contribution in [0, 0.1) is 5.92 Å². The molecule has 2 heterocycles. The van der Waals surface area contributed by atoms with Crippen molar-refractivity contribution in [2.24, 2.45) is 5.92 Å². The van der Waals surface area contributed by atoms with Gasteiger partial charge >= 0.3 is 0 Å². The first-order valence-corrected chi connectivity index (χ1v) is 14.0. The number of hydrogen-bond donors (Lipinski definition) is 1. The van der Waals surface area contributed by atoms with Crippen LogP contribution in [0.1, 0.15) is 100 Å². The van der Waals surface area contributed by atoms with Gasteiger partial charge in [0.25, 0.3) is 0 Å². The van der Waals surface area contributed by atoms with Gasteiger partial charge in [0.1, 0.15) is 5.82 Å². The van der Waals surface area contributed by atoms with Crippen molar-refractivity contribution in [3.05, 3.63) is 72.2 Å². The summed E-state index contributed by atoms with van der Waals surface area (Å²) in [5.74, 6) is 0.936. The molecule has 0 spiro atoms. The van der Waals surface area contributed by atoms with E-state index in [1.165, 1.54) is 0 Å². The molecule has 1 saturated carbocycles. The van der Waals surface area contributed by atoms with E-state index >= 15 is 0 Å². The highest BCUT2D eigenvalue weighted by Gasteiger charge is 2.29. The van der Waals surface area contributed by atoms with Crippen LogP contribution in [0.2, 0.25) is 0 Å². The molecular formula is C33H49N3O2. The first-order chi connectivity index (χ1) is 18.4. The number of aromatic nitrogens is 2. The molecule has 5 heteroatoms. The second-order valence-corrected chi connectivity index (χ2v) is 8.50. The lowest BCUT2D eigenvalue weighted by Crippen LogP contribution is -2.14. The van der Waals surface area contributed by atoms with Crippen molar-refractivity contribution >= 4 is 33.9 Å². The Morgan fingerprint density at radius 1 is 1.00 bits per heavy atom.